The molecule has 1 amide bonds. The van der Waals surface area contributed by atoms with Crippen LogP contribution < -0.4 is 10.2 Å². The van der Waals surface area contributed by atoms with E-state index in [-0.39, 0.29) is 12.6 Å². The average molecular weight is 459 g/mol. The molecule has 0 radical (unpaired) electrons. The minimum atomic E-state index is -4.97. The maximum atomic E-state index is 13.0. The molecule has 3 rings (SSSR count). The molecule has 0 atom stereocenters. The summed E-state index contributed by atoms with van der Waals surface area (Å²) in [5, 5.41) is 2.18. The number of anilines is 2. The molecule has 0 unspecified atom stereocenters. The van der Waals surface area contributed by atoms with Gasteiger partial charge in [-0.1, -0.05) is 12.1 Å². The molecular formula is C22H23F6N3O. The highest BCUT2D eigenvalue weighted by Gasteiger charge is 2.37. The number of hydrogen-bond acceptors (Lipinski definition) is 3. The lowest BCUT2D eigenvalue weighted by molar-refractivity contribution is -0.143. The largest absolute Gasteiger partial charge is 0.416 e. The van der Waals surface area contributed by atoms with Crippen LogP contribution in [0.1, 0.15) is 22.3 Å². The summed E-state index contributed by atoms with van der Waals surface area (Å²) in [5.74, 6) is -0.669. The molecule has 32 heavy (non-hydrogen) atoms. The van der Waals surface area contributed by atoms with Crippen LogP contribution in [-0.4, -0.2) is 43.5 Å². The number of piperazine rings is 1. The predicted octanol–water partition coefficient (Wildman–Crippen LogP) is 5.10. The Morgan fingerprint density at radius 3 is 2.00 bits per heavy atom. The van der Waals surface area contributed by atoms with Crippen LogP contribution in [0.4, 0.5) is 37.7 Å². The Morgan fingerprint density at radius 2 is 1.47 bits per heavy atom. The van der Waals surface area contributed by atoms with E-state index < -0.39 is 35.1 Å². The molecule has 1 heterocycles. The molecule has 4 nitrogen and oxygen atoms in total. The van der Waals surface area contributed by atoms with Gasteiger partial charge in [0.15, 0.2) is 0 Å². The Kier molecular flexibility index (Phi) is 6.73. The third kappa shape index (κ3) is 5.73. The van der Waals surface area contributed by atoms with Gasteiger partial charge >= 0.3 is 12.4 Å². The molecule has 174 valence electrons. The monoisotopic (exact) mass is 459 g/mol. The van der Waals surface area contributed by atoms with Crippen LogP contribution in [0.15, 0.2) is 36.4 Å². The minimum absolute atomic E-state index is 0.0299. The van der Waals surface area contributed by atoms with E-state index in [0.29, 0.717) is 38.3 Å². The standard InChI is InChI=1S/C22H23F6N3O/c1-14-4-3-5-19(15(14)2)31-8-6-30(7-9-31)13-20(32)29-18-11-16(21(23,24)25)10-17(12-18)22(26,27)28/h3-5,10-12H,6-9,13H2,1-2H3,(H,29,32). The van der Waals surface area contributed by atoms with Crippen LogP contribution in [0.5, 0.6) is 0 Å². The first kappa shape index (κ1) is 23.9. The summed E-state index contributed by atoms with van der Waals surface area (Å²) in [4.78, 5) is 16.3. The van der Waals surface area contributed by atoms with Crippen molar-refractivity contribution < 1.29 is 31.1 Å². The number of benzene rings is 2. The first-order chi connectivity index (χ1) is 14.8. The summed E-state index contributed by atoms with van der Waals surface area (Å²) in [6.07, 6.45) is -9.93. The summed E-state index contributed by atoms with van der Waals surface area (Å²) >= 11 is 0. The van der Waals surface area contributed by atoms with E-state index in [4.69, 9.17) is 0 Å². The van der Waals surface area contributed by atoms with Gasteiger partial charge in [0.1, 0.15) is 0 Å². The van der Waals surface area contributed by atoms with Gasteiger partial charge in [-0.15, -0.1) is 0 Å². The Labute approximate surface area is 181 Å². The van der Waals surface area contributed by atoms with Crippen molar-refractivity contribution in [3.63, 3.8) is 0 Å². The first-order valence-corrected chi connectivity index (χ1v) is 9.97. The summed E-state index contributed by atoms with van der Waals surface area (Å²) in [6, 6.07) is 7.06. The van der Waals surface area contributed by atoms with Gasteiger partial charge in [0.05, 0.1) is 17.7 Å². The SMILES string of the molecule is Cc1cccc(N2CCN(CC(=O)Nc3cc(C(F)(F)F)cc(C(F)(F)F)c3)CC2)c1C. The van der Waals surface area contributed by atoms with Crippen molar-refractivity contribution in [2.45, 2.75) is 26.2 Å². The van der Waals surface area contributed by atoms with Gasteiger partial charge in [0, 0.05) is 37.6 Å². The van der Waals surface area contributed by atoms with Crippen LogP contribution in [0.2, 0.25) is 0 Å². The van der Waals surface area contributed by atoms with Gasteiger partial charge in [-0.2, -0.15) is 26.3 Å². The number of halogens is 6. The molecule has 1 aliphatic rings. The van der Waals surface area contributed by atoms with E-state index in [9.17, 15) is 31.1 Å². The van der Waals surface area contributed by atoms with E-state index in [2.05, 4.69) is 10.2 Å². The smallest absolute Gasteiger partial charge is 0.369 e. The van der Waals surface area contributed by atoms with Crippen LogP contribution >= 0.6 is 0 Å². The lowest BCUT2D eigenvalue weighted by Gasteiger charge is -2.36. The van der Waals surface area contributed by atoms with Crippen LogP contribution in [0, 0.1) is 13.8 Å². The number of carbonyl (C=O) groups is 1. The van der Waals surface area contributed by atoms with Crippen molar-refractivity contribution in [2.24, 2.45) is 0 Å². The third-order valence-corrected chi connectivity index (χ3v) is 5.53. The molecule has 2 aromatic carbocycles. The maximum absolute atomic E-state index is 13.0. The van der Waals surface area contributed by atoms with Crippen molar-refractivity contribution >= 4 is 17.3 Å². The number of nitrogens with one attached hydrogen (secondary N) is 1. The van der Waals surface area contributed by atoms with Gasteiger partial charge in [-0.3, -0.25) is 9.69 Å². The zero-order chi connectivity index (χ0) is 23.7. The second-order valence-corrected chi connectivity index (χ2v) is 7.82. The zero-order valence-corrected chi connectivity index (χ0v) is 17.6. The molecular weight excluding hydrogens is 436 g/mol. The molecule has 10 heteroatoms. The summed E-state index contributed by atoms with van der Waals surface area (Å²) < 4.78 is 77.9. The third-order valence-electron chi connectivity index (χ3n) is 5.53. The molecule has 0 aliphatic carbocycles. The van der Waals surface area contributed by atoms with Crippen molar-refractivity contribution in [1.82, 2.24) is 4.90 Å². The van der Waals surface area contributed by atoms with Gasteiger partial charge in [-0.05, 0) is 49.2 Å². The Hall–Kier alpha value is -2.75. The van der Waals surface area contributed by atoms with E-state index in [1.807, 2.05) is 36.9 Å². The van der Waals surface area contributed by atoms with Crippen LogP contribution in [-0.2, 0) is 17.1 Å². The number of alkyl halides is 6. The fraction of sp³-hybridized carbons (Fsp3) is 0.409. The fourth-order valence-electron chi connectivity index (χ4n) is 3.66. The molecule has 0 aromatic heterocycles. The molecule has 1 fully saturated rings. The highest BCUT2D eigenvalue weighted by molar-refractivity contribution is 5.92. The Morgan fingerprint density at radius 1 is 0.906 bits per heavy atom. The Bertz CT molecular complexity index is 946. The number of aryl methyl sites for hydroxylation is 1. The first-order valence-electron chi connectivity index (χ1n) is 9.97. The second kappa shape index (κ2) is 9.01. The maximum Gasteiger partial charge on any atom is 0.416 e. The Balaban J connectivity index is 1.63. The zero-order valence-electron chi connectivity index (χ0n) is 17.6. The van der Waals surface area contributed by atoms with Crippen LogP contribution in [0.3, 0.4) is 0 Å². The van der Waals surface area contributed by atoms with E-state index in [1.165, 1.54) is 11.1 Å². The lowest BCUT2D eigenvalue weighted by atomic mass is 10.1. The van der Waals surface area contributed by atoms with E-state index >= 15 is 0 Å². The topological polar surface area (TPSA) is 35.6 Å². The number of amides is 1. The number of nitrogens with zero attached hydrogens (tertiary/aromatic N) is 2. The predicted molar refractivity (Wildman–Crippen MR) is 110 cm³/mol. The minimum Gasteiger partial charge on any atom is -0.369 e. The molecule has 0 spiro atoms. The normalized spacial score (nSPS) is 15.7. The number of carbonyl (C=O) groups excluding carboxylic acids is 1. The fourth-order valence-corrected chi connectivity index (χ4v) is 3.66. The van der Waals surface area contributed by atoms with Gasteiger partial charge in [0.2, 0.25) is 5.91 Å². The second-order valence-electron chi connectivity index (χ2n) is 7.82. The molecule has 1 aliphatic heterocycles. The van der Waals surface area contributed by atoms with E-state index in [1.54, 1.807) is 0 Å². The van der Waals surface area contributed by atoms with Gasteiger partial charge in [-0.25, -0.2) is 0 Å². The molecule has 0 bridgehead atoms. The summed E-state index contributed by atoms with van der Waals surface area (Å²) in [5.41, 5.74) is -0.0224. The van der Waals surface area contributed by atoms with E-state index in [0.717, 1.165) is 5.69 Å². The summed E-state index contributed by atoms with van der Waals surface area (Å²) in [7, 11) is 0. The van der Waals surface area contributed by atoms with Crippen molar-refractivity contribution in [3.05, 3.63) is 58.7 Å². The molecule has 2 aromatic rings. The van der Waals surface area contributed by atoms with Crippen molar-refractivity contribution in [2.75, 3.05) is 42.9 Å². The number of hydrogen-bond donors (Lipinski definition) is 1. The quantitative estimate of drug-likeness (QED) is 0.647. The summed E-state index contributed by atoms with van der Waals surface area (Å²) in [6.45, 7) is 6.32. The van der Waals surface area contributed by atoms with Crippen molar-refractivity contribution in [1.29, 1.82) is 0 Å². The van der Waals surface area contributed by atoms with Gasteiger partial charge < -0.3 is 10.2 Å². The molecule has 0 saturated carbocycles. The highest BCUT2D eigenvalue weighted by Crippen LogP contribution is 2.37. The number of rotatable bonds is 4. The lowest BCUT2D eigenvalue weighted by Crippen LogP contribution is -2.48. The molecule has 1 N–H and O–H groups in total. The average Bonchev–Trinajstić information content (AvgIpc) is 2.69. The van der Waals surface area contributed by atoms with Crippen molar-refractivity contribution in [3.8, 4) is 0 Å². The van der Waals surface area contributed by atoms with Gasteiger partial charge in [0.25, 0.3) is 0 Å². The van der Waals surface area contributed by atoms with Crippen LogP contribution in [0.25, 0.3) is 0 Å². The molecule has 1 saturated heterocycles. The highest BCUT2D eigenvalue weighted by atomic mass is 19.4.